The van der Waals surface area contributed by atoms with Crippen molar-refractivity contribution in [2.24, 2.45) is 5.73 Å². The van der Waals surface area contributed by atoms with Crippen molar-refractivity contribution in [3.8, 4) is 0 Å². The Kier molecular flexibility index (Phi) is 5.20. The number of rotatable bonds is 6. The molecule has 0 amide bonds. The molecular weight excluding hydrogens is 304 g/mol. The monoisotopic (exact) mass is 326 g/mol. The second-order valence-electron chi connectivity index (χ2n) is 5.54. The van der Waals surface area contributed by atoms with E-state index in [0.717, 1.165) is 25.7 Å². The largest absolute Gasteiger partial charge is 0.462 e. The number of carbonyl (C=O) groups is 1. The molecule has 1 aromatic carbocycles. The van der Waals surface area contributed by atoms with Gasteiger partial charge >= 0.3 is 5.97 Å². The molecule has 22 heavy (non-hydrogen) atoms. The molecule has 0 saturated heterocycles. The van der Waals surface area contributed by atoms with Gasteiger partial charge in [-0.25, -0.2) is 17.9 Å². The van der Waals surface area contributed by atoms with Crippen molar-refractivity contribution in [2.75, 3.05) is 13.2 Å². The molecule has 3 N–H and O–H groups in total. The van der Waals surface area contributed by atoms with Crippen LogP contribution in [-0.4, -0.2) is 33.1 Å². The van der Waals surface area contributed by atoms with Gasteiger partial charge in [0.15, 0.2) is 0 Å². The third kappa shape index (κ3) is 3.66. The highest BCUT2D eigenvalue weighted by Crippen LogP contribution is 2.30. The van der Waals surface area contributed by atoms with Crippen LogP contribution in [0.4, 0.5) is 0 Å². The molecule has 1 fully saturated rings. The summed E-state index contributed by atoms with van der Waals surface area (Å²) in [5.41, 5.74) is 5.55. The van der Waals surface area contributed by atoms with Crippen LogP contribution in [0.1, 0.15) is 43.0 Å². The smallest absolute Gasteiger partial charge is 0.338 e. The van der Waals surface area contributed by atoms with E-state index < -0.39 is 21.5 Å². The molecule has 0 aromatic heterocycles. The van der Waals surface area contributed by atoms with E-state index in [1.807, 2.05) is 0 Å². The zero-order valence-corrected chi connectivity index (χ0v) is 13.5. The molecule has 0 unspecified atom stereocenters. The van der Waals surface area contributed by atoms with Gasteiger partial charge in [-0.2, -0.15) is 0 Å². The lowest BCUT2D eigenvalue weighted by molar-refractivity contribution is 0.0526. The van der Waals surface area contributed by atoms with E-state index in [2.05, 4.69) is 4.72 Å². The molecule has 0 radical (unpaired) electrons. The van der Waals surface area contributed by atoms with Gasteiger partial charge in [0.1, 0.15) is 0 Å². The van der Waals surface area contributed by atoms with Crippen LogP contribution in [0.3, 0.4) is 0 Å². The fourth-order valence-corrected chi connectivity index (χ4v) is 4.20. The van der Waals surface area contributed by atoms with Crippen LogP contribution in [0.2, 0.25) is 0 Å². The Hall–Kier alpha value is -1.44. The number of carbonyl (C=O) groups excluding carboxylic acids is 1. The molecule has 1 saturated carbocycles. The second kappa shape index (κ2) is 6.76. The maximum absolute atomic E-state index is 12.5. The Balaban J connectivity index is 2.17. The molecule has 1 aliphatic carbocycles. The highest BCUT2D eigenvalue weighted by molar-refractivity contribution is 7.89. The lowest BCUT2D eigenvalue weighted by atomic mass is 10.0. The summed E-state index contributed by atoms with van der Waals surface area (Å²) in [6.07, 6.45) is 3.45. The van der Waals surface area contributed by atoms with Crippen LogP contribution in [0.25, 0.3) is 0 Å². The standard InChI is InChI=1S/C15H22N2O4S/c1-2-21-14(18)12-5-7-13(8-6-12)22(19,20)17-15(11-16)9-3-4-10-15/h5-8,17H,2-4,9-11,16H2,1H3. The molecule has 1 aliphatic rings. The molecule has 2 rings (SSSR count). The fraction of sp³-hybridized carbons (Fsp3) is 0.533. The van der Waals surface area contributed by atoms with Gasteiger partial charge in [-0.05, 0) is 44.0 Å². The first-order valence-corrected chi connectivity index (χ1v) is 8.92. The van der Waals surface area contributed by atoms with E-state index in [4.69, 9.17) is 10.5 Å². The number of hydrogen-bond donors (Lipinski definition) is 2. The molecule has 6 nitrogen and oxygen atoms in total. The van der Waals surface area contributed by atoms with E-state index in [0.29, 0.717) is 5.56 Å². The Bertz CT molecular complexity index is 619. The topological polar surface area (TPSA) is 98.5 Å². The molecule has 0 spiro atoms. The average Bonchev–Trinajstić information content (AvgIpc) is 2.96. The molecule has 0 bridgehead atoms. The zero-order chi connectivity index (χ0) is 16.2. The maximum Gasteiger partial charge on any atom is 0.338 e. The summed E-state index contributed by atoms with van der Waals surface area (Å²) in [5, 5.41) is 0. The van der Waals surface area contributed by atoms with E-state index in [1.165, 1.54) is 24.3 Å². The molecule has 0 heterocycles. The maximum atomic E-state index is 12.5. The van der Waals surface area contributed by atoms with Gasteiger partial charge in [0.25, 0.3) is 0 Å². The third-order valence-electron chi connectivity index (χ3n) is 3.98. The minimum atomic E-state index is -3.65. The molecule has 7 heteroatoms. The lowest BCUT2D eigenvalue weighted by Gasteiger charge is -2.28. The molecule has 0 atom stereocenters. The summed E-state index contributed by atoms with van der Waals surface area (Å²) in [6, 6.07) is 5.73. The lowest BCUT2D eigenvalue weighted by Crippen LogP contribution is -2.51. The van der Waals surface area contributed by atoms with Crippen molar-refractivity contribution in [3.63, 3.8) is 0 Å². The van der Waals surface area contributed by atoms with Crippen LogP contribution in [0.15, 0.2) is 29.2 Å². The summed E-state index contributed by atoms with van der Waals surface area (Å²) in [7, 11) is -3.65. The first-order chi connectivity index (χ1) is 10.4. The van der Waals surface area contributed by atoms with Crippen molar-refractivity contribution >= 4 is 16.0 Å². The third-order valence-corrected chi connectivity index (χ3v) is 5.57. The normalized spacial score (nSPS) is 17.4. The van der Waals surface area contributed by atoms with Gasteiger partial charge in [-0.3, -0.25) is 0 Å². The van der Waals surface area contributed by atoms with Crippen molar-refractivity contribution < 1.29 is 17.9 Å². The van der Waals surface area contributed by atoms with Crippen LogP contribution >= 0.6 is 0 Å². The Morgan fingerprint density at radius 3 is 2.36 bits per heavy atom. The van der Waals surface area contributed by atoms with E-state index in [9.17, 15) is 13.2 Å². The van der Waals surface area contributed by atoms with Gasteiger partial charge in [0, 0.05) is 12.1 Å². The fourth-order valence-electron chi connectivity index (χ4n) is 2.73. The minimum absolute atomic E-state index is 0.125. The molecule has 122 valence electrons. The van der Waals surface area contributed by atoms with Crippen molar-refractivity contribution in [1.29, 1.82) is 0 Å². The van der Waals surface area contributed by atoms with Gasteiger partial charge in [-0.15, -0.1) is 0 Å². The summed E-state index contributed by atoms with van der Waals surface area (Å²) in [4.78, 5) is 11.7. The van der Waals surface area contributed by atoms with E-state index in [1.54, 1.807) is 6.92 Å². The second-order valence-corrected chi connectivity index (χ2v) is 7.22. The van der Waals surface area contributed by atoms with Gasteiger partial charge in [0.05, 0.1) is 17.1 Å². The molecule has 1 aromatic rings. The van der Waals surface area contributed by atoms with Gasteiger partial charge in [-0.1, -0.05) is 12.8 Å². The number of sulfonamides is 1. The minimum Gasteiger partial charge on any atom is -0.462 e. The van der Waals surface area contributed by atoms with E-state index in [-0.39, 0.29) is 18.0 Å². The van der Waals surface area contributed by atoms with Crippen LogP contribution in [-0.2, 0) is 14.8 Å². The first kappa shape index (κ1) is 16.9. The number of nitrogens with two attached hydrogens (primary N) is 1. The predicted octanol–water partition coefficient (Wildman–Crippen LogP) is 1.41. The number of esters is 1. The molecular formula is C15H22N2O4S. The Labute approximate surface area is 131 Å². The van der Waals surface area contributed by atoms with Gasteiger partial charge in [0.2, 0.25) is 10.0 Å². The number of ether oxygens (including phenoxy) is 1. The van der Waals surface area contributed by atoms with E-state index >= 15 is 0 Å². The average molecular weight is 326 g/mol. The zero-order valence-electron chi connectivity index (χ0n) is 12.7. The Morgan fingerprint density at radius 2 is 1.86 bits per heavy atom. The molecule has 0 aliphatic heterocycles. The number of hydrogen-bond acceptors (Lipinski definition) is 5. The van der Waals surface area contributed by atoms with Crippen molar-refractivity contribution in [1.82, 2.24) is 4.72 Å². The Morgan fingerprint density at radius 1 is 1.27 bits per heavy atom. The van der Waals surface area contributed by atoms with Crippen LogP contribution < -0.4 is 10.5 Å². The quantitative estimate of drug-likeness (QED) is 0.770. The summed E-state index contributed by atoms with van der Waals surface area (Å²) < 4.78 is 32.6. The number of nitrogens with one attached hydrogen (secondary N) is 1. The van der Waals surface area contributed by atoms with Gasteiger partial charge < -0.3 is 10.5 Å². The SMILES string of the molecule is CCOC(=O)c1ccc(S(=O)(=O)NC2(CN)CCCC2)cc1. The highest BCUT2D eigenvalue weighted by atomic mass is 32.2. The van der Waals surface area contributed by atoms with Crippen LogP contribution in [0.5, 0.6) is 0 Å². The summed E-state index contributed by atoms with van der Waals surface area (Å²) in [6.45, 7) is 2.28. The summed E-state index contributed by atoms with van der Waals surface area (Å²) >= 11 is 0. The first-order valence-electron chi connectivity index (χ1n) is 7.44. The summed E-state index contributed by atoms with van der Waals surface area (Å²) in [5.74, 6) is -0.464. The highest BCUT2D eigenvalue weighted by Gasteiger charge is 2.36. The van der Waals surface area contributed by atoms with Crippen LogP contribution in [0, 0.1) is 0 Å². The van der Waals surface area contributed by atoms with Crippen molar-refractivity contribution in [3.05, 3.63) is 29.8 Å². The van der Waals surface area contributed by atoms with Crippen molar-refractivity contribution in [2.45, 2.75) is 43.0 Å². The predicted molar refractivity (Wildman–Crippen MR) is 83.0 cm³/mol. The number of benzene rings is 1.